The Morgan fingerprint density at radius 1 is 1.20 bits per heavy atom. The molecular formula is C12H15ClFN. The van der Waals surface area contributed by atoms with Gasteiger partial charge in [-0.2, -0.15) is 0 Å². The van der Waals surface area contributed by atoms with Crippen molar-refractivity contribution in [3.05, 3.63) is 34.6 Å². The number of rotatable bonds is 1. The van der Waals surface area contributed by atoms with E-state index in [-0.39, 0.29) is 5.82 Å². The van der Waals surface area contributed by atoms with E-state index in [9.17, 15) is 4.39 Å². The van der Waals surface area contributed by atoms with E-state index in [0.717, 1.165) is 25.7 Å². The highest BCUT2D eigenvalue weighted by molar-refractivity contribution is 6.30. The standard InChI is InChI=1S/C12H15ClFN/c13-9-4-5-10(11(14)8-9)12(15)6-2-1-3-7-12/h4-5,8H,1-3,6-7,15H2. The second-order valence-corrected chi connectivity index (χ2v) is 4.78. The first-order valence-corrected chi connectivity index (χ1v) is 5.74. The smallest absolute Gasteiger partial charge is 0.129 e. The molecule has 0 amide bonds. The number of nitrogens with two attached hydrogens (primary N) is 1. The molecule has 1 aromatic carbocycles. The van der Waals surface area contributed by atoms with Gasteiger partial charge in [0.05, 0.1) is 0 Å². The van der Waals surface area contributed by atoms with Crippen molar-refractivity contribution in [3.63, 3.8) is 0 Å². The highest BCUT2D eigenvalue weighted by Gasteiger charge is 2.31. The summed E-state index contributed by atoms with van der Waals surface area (Å²) in [5.41, 5.74) is 6.39. The molecule has 1 nitrogen and oxygen atoms in total. The molecule has 1 fully saturated rings. The summed E-state index contributed by atoms with van der Waals surface area (Å²) >= 11 is 5.72. The number of halogens is 2. The molecule has 2 rings (SSSR count). The number of hydrogen-bond donors (Lipinski definition) is 1. The number of hydrogen-bond acceptors (Lipinski definition) is 1. The second-order valence-electron chi connectivity index (χ2n) is 4.34. The van der Waals surface area contributed by atoms with Crippen molar-refractivity contribution in [3.8, 4) is 0 Å². The summed E-state index contributed by atoms with van der Waals surface area (Å²) in [5, 5.41) is 0.427. The Morgan fingerprint density at radius 3 is 2.47 bits per heavy atom. The van der Waals surface area contributed by atoms with Gasteiger partial charge in [-0.1, -0.05) is 36.9 Å². The van der Waals surface area contributed by atoms with Crippen LogP contribution >= 0.6 is 11.6 Å². The Kier molecular flexibility index (Phi) is 2.98. The summed E-state index contributed by atoms with van der Waals surface area (Å²) in [5.74, 6) is -0.271. The fourth-order valence-electron chi connectivity index (χ4n) is 2.35. The minimum absolute atomic E-state index is 0.271. The first-order chi connectivity index (χ1) is 7.12. The normalized spacial score (nSPS) is 20.2. The maximum atomic E-state index is 13.7. The zero-order valence-corrected chi connectivity index (χ0v) is 9.36. The third-order valence-electron chi connectivity index (χ3n) is 3.21. The Hall–Kier alpha value is -0.600. The van der Waals surface area contributed by atoms with Crippen molar-refractivity contribution >= 4 is 11.6 Å². The lowest BCUT2D eigenvalue weighted by Crippen LogP contribution is -2.39. The van der Waals surface area contributed by atoms with E-state index in [1.54, 1.807) is 12.1 Å². The molecule has 1 saturated carbocycles. The van der Waals surface area contributed by atoms with Crippen LogP contribution < -0.4 is 5.73 Å². The van der Waals surface area contributed by atoms with Crippen molar-refractivity contribution in [1.82, 2.24) is 0 Å². The van der Waals surface area contributed by atoms with E-state index >= 15 is 0 Å². The molecule has 0 aromatic heterocycles. The van der Waals surface area contributed by atoms with Gasteiger partial charge in [-0.25, -0.2) is 4.39 Å². The minimum atomic E-state index is -0.479. The quantitative estimate of drug-likeness (QED) is 0.780. The predicted molar refractivity (Wildman–Crippen MR) is 60.4 cm³/mol. The zero-order chi connectivity index (χ0) is 10.9. The van der Waals surface area contributed by atoms with E-state index in [1.165, 1.54) is 12.5 Å². The SMILES string of the molecule is NC1(c2ccc(Cl)cc2F)CCCCC1. The van der Waals surface area contributed by atoms with Crippen molar-refractivity contribution in [1.29, 1.82) is 0 Å². The summed E-state index contributed by atoms with van der Waals surface area (Å²) in [6.07, 6.45) is 5.10. The van der Waals surface area contributed by atoms with Crippen LogP contribution in [0.5, 0.6) is 0 Å². The first kappa shape index (κ1) is 10.9. The van der Waals surface area contributed by atoms with Gasteiger partial charge in [0.2, 0.25) is 0 Å². The van der Waals surface area contributed by atoms with Crippen LogP contribution in [0.4, 0.5) is 4.39 Å². The van der Waals surface area contributed by atoms with Crippen LogP contribution in [0.1, 0.15) is 37.7 Å². The minimum Gasteiger partial charge on any atom is -0.321 e. The zero-order valence-electron chi connectivity index (χ0n) is 8.60. The third-order valence-corrected chi connectivity index (χ3v) is 3.45. The molecule has 15 heavy (non-hydrogen) atoms. The van der Waals surface area contributed by atoms with Gasteiger partial charge in [0.25, 0.3) is 0 Å². The Labute approximate surface area is 94.4 Å². The van der Waals surface area contributed by atoms with Gasteiger partial charge >= 0.3 is 0 Å². The summed E-state index contributed by atoms with van der Waals surface area (Å²) < 4.78 is 13.7. The largest absolute Gasteiger partial charge is 0.321 e. The van der Waals surface area contributed by atoms with E-state index in [4.69, 9.17) is 17.3 Å². The first-order valence-electron chi connectivity index (χ1n) is 5.36. The summed E-state index contributed by atoms with van der Waals surface area (Å²) in [6, 6.07) is 4.78. The van der Waals surface area contributed by atoms with Crippen LogP contribution in [-0.4, -0.2) is 0 Å². The molecule has 2 N–H and O–H groups in total. The van der Waals surface area contributed by atoms with Crippen molar-refractivity contribution in [2.45, 2.75) is 37.6 Å². The number of benzene rings is 1. The fraction of sp³-hybridized carbons (Fsp3) is 0.500. The van der Waals surface area contributed by atoms with Gasteiger partial charge in [0.1, 0.15) is 5.82 Å². The van der Waals surface area contributed by atoms with E-state index < -0.39 is 5.54 Å². The Morgan fingerprint density at radius 2 is 1.87 bits per heavy atom. The molecule has 1 aliphatic carbocycles. The molecule has 1 aromatic rings. The van der Waals surface area contributed by atoms with Gasteiger partial charge < -0.3 is 5.73 Å². The maximum Gasteiger partial charge on any atom is 0.129 e. The lowest BCUT2D eigenvalue weighted by atomic mass is 9.77. The van der Waals surface area contributed by atoms with Crippen LogP contribution in [0.2, 0.25) is 5.02 Å². The predicted octanol–water partition coefficient (Wildman–Crippen LogP) is 3.60. The average molecular weight is 228 g/mol. The van der Waals surface area contributed by atoms with Gasteiger partial charge in [0, 0.05) is 16.1 Å². The molecule has 0 heterocycles. The maximum absolute atomic E-state index is 13.7. The van der Waals surface area contributed by atoms with Crippen molar-refractivity contribution in [2.75, 3.05) is 0 Å². The van der Waals surface area contributed by atoms with Gasteiger partial charge in [0.15, 0.2) is 0 Å². The monoisotopic (exact) mass is 227 g/mol. The van der Waals surface area contributed by atoms with Gasteiger partial charge in [-0.05, 0) is 25.0 Å². The van der Waals surface area contributed by atoms with Crippen molar-refractivity contribution in [2.24, 2.45) is 5.73 Å². The molecule has 1 aliphatic rings. The molecule has 0 spiro atoms. The van der Waals surface area contributed by atoms with Crippen LogP contribution in [0.3, 0.4) is 0 Å². The van der Waals surface area contributed by atoms with E-state index in [2.05, 4.69) is 0 Å². The highest BCUT2D eigenvalue weighted by Crippen LogP contribution is 2.36. The molecule has 0 saturated heterocycles. The summed E-state index contributed by atoms with van der Waals surface area (Å²) in [4.78, 5) is 0. The van der Waals surface area contributed by atoms with Crippen LogP contribution in [0.25, 0.3) is 0 Å². The molecule has 0 atom stereocenters. The molecule has 3 heteroatoms. The van der Waals surface area contributed by atoms with E-state index in [0.29, 0.717) is 10.6 Å². The average Bonchev–Trinajstić information content (AvgIpc) is 2.18. The highest BCUT2D eigenvalue weighted by atomic mass is 35.5. The van der Waals surface area contributed by atoms with E-state index in [1.807, 2.05) is 0 Å². The lowest BCUT2D eigenvalue weighted by Gasteiger charge is -2.34. The van der Waals surface area contributed by atoms with Crippen LogP contribution in [0, 0.1) is 5.82 Å². The summed E-state index contributed by atoms with van der Waals surface area (Å²) in [7, 11) is 0. The Bertz CT molecular complexity index is 359. The summed E-state index contributed by atoms with van der Waals surface area (Å²) in [6.45, 7) is 0. The topological polar surface area (TPSA) is 26.0 Å². The molecular weight excluding hydrogens is 213 g/mol. The van der Waals surface area contributed by atoms with Crippen molar-refractivity contribution < 1.29 is 4.39 Å². The molecule has 0 bridgehead atoms. The van der Waals surface area contributed by atoms with Crippen LogP contribution in [0.15, 0.2) is 18.2 Å². The Balaban J connectivity index is 2.35. The third kappa shape index (κ3) is 2.16. The molecule has 0 aliphatic heterocycles. The molecule has 0 radical (unpaired) electrons. The lowest BCUT2D eigenvalue weighted by molar-refractivity contribution is 0.293. The molecule has 0 unspecified atom stereocenters. The van der Waals surface area contributed by atoms with Gasteiger partial charge in [-0.3, -0.25) is 0 Å². The molecule has 82 valence electrons. The fourth-order valence-corrected chi connectivity index (χ4v) is 2.50. The van der Waals surface area contributed by atoms with Gasteiger partial charge in [-0.15, -0.1) is 0 Å². The van der Waals surface area contributed by atoms with Crippen LogP contribution in [-0.2, 0) is 5.54 Å². The second kappa shape index (κ2) is 4.11.